The van der Waals surface area contributed by atoms with E-state index in [9.17, 15) is 26.4 Å². The highest BCUT2D eigenvalue weighted by Crippen LogP contribution is 2.22. The molecule has 1 fully saturated rings. The minimum Gasteiger partial charge on any atom is -0.336 e. The highest BCUT2D eigenvalue weighted by Gasteiger charge is 2.36. The Labute approximate surface area is 164 Å². The Morgan fingerprint density at radius 2 is 1.79 bits per heavy atom. The molecule has 1 aliphatic heterocycles. The van der Waals surface area contributed by atoms with Crippen LogP contribution in [-0.2, 0) is 10.0 Å². The van der Waals surface area contributed by atoms with Crippen molar-refractivity contribution in [1.29, 1.82) is 0 Å². The molecule has 0 bridgehead atoms. The van der Waals surface area contributed by atoms with Crippen LogP contribution in [0.15, 0.2) is 29.2 Å². The maximum absolute atomic E-state index is 12.7. The number of carbonyl (C=O) groups excluding carboxylic acids is 1. The monoisotopic (exact) mass is 421 g/mol. The van der Waals surface area contributed by atoms with E-state index < -0.39 is 28.8 Å². The zero-order valence-electron chi connectivity index (χ0n) is 16.4. The number of hydrogen-bond acceptors (Lipinski definition) is 4. The smallest absolute Gasteiger partial charge is 0.336 e. The molecular formula is C18H26F3N3O3S. The third kappa shape index (κ3) is 5.24. The molecule has 6 nitrogen and oxygen atoms in total. The third-order valence-corrected chi connectivity index (χ3v) is 6.99. The maximum Gasteiger partial charge on any atom is 0.401 e. The van der Waals surface area contributed by atoms with Gasteiger partial charge in [-0.3, -0.25) is 9.69 Å². The number of carbonyl (C=O) groups is 1. The zero-order chi connectivity index (χ0) is 21.3. The molecule has 0 spiro atoms. The first-order valence-corrected chi connectivity index (χ1v) is 10.4. The molecule has 0 aromatic heterocycles. The van der Waals surface area contributed by atoms with Crippen molar-refractivity contribution in [3.63, 3.8) is 0 Å². The highest BCUT2D eigenvalue weighted by atomic mass is 32.2. The molecule has 1 heterocycles. The fourth-order valence-electron chi connectivity index (χ4n) is 3.04. The van der Waals surface area contributed by atoms with Gasteiger partial charge in [-0.15, -0.1) is 0 Å². The number of sulfonamides is 1. The van der Waals surface area contributed by atoms with E-state index in [1.165, 1.54) is 45.4 Å². The lowest BCUT2D eigenvalue weighted by molar-refractivity contribution is -0.153. The largest absolute Gasteiger partial charge is 0.401 e. The SMILES string of the molecule is CC(C)N(C)S(=O)(=O)c1ccc(C(=O)N2CCN(CC(F)(F)F)[C@@H](C)C2)cc1. The first-order chi connectivity index (χ1) is 12.8. The Kier molecular flexibility index (Phi) is 6.78. The van der Waals surface area contributed by atoms with Crippen LogP contribution in [0.25, 0.3) is 0 Å². The van der Waals surface area contributed by atoms with Gasteiger partial charge in [0.1, 0.15) is 0 Å². The number of alkyl halides is 3. The minimum atomic E-state index is -4.27. The normalized spacial score (nSPS) is 19.5. The summed E-state index contributed by atoms with van der Waals surface area (Å²) in [5, 5.41) is 0. The molecule has 0 unspecified atom stereocenters. The van der Waals surface area contributed by atoms with Crippen molar-refractivity contribution in [2.45, 2.75) is 43.9 Å². The highest BCUT2D eigenvalue weighted by molar-refractivity contribution is 7.89. The molecule has 1 atom stereocenters. The number of amides is 1. The summed E-state index contributed by atoms with van der Waals surface area (Å²) in [4.78, 5) is 15.6. The molecule has 1 aliphatic rings. The average molecular weight is 421 g/mol. The molecule has 10 heteroatoms. The molecule has 0 aliphatic carbocycles. The third-order valence-electron chi connectivity index (χ3n) is 4.94. The summed E-state index contributed by atoms with van der Waals surface area (Å²) >= 11 is 0. The van der Waals surface area contributed by atoms with Crippen molar-refractivity contribution in [3.05, 3.63) is 29.8 Å². The molecule has 28 heavy (non-hydrogen) atoms. The van der Waals surface area contributed by atoms with E-state index in [4.69, 9.17) is 0 Å². The van der Waals surface area contributed by atoms with Crippen LogP contribution in [-0.4, -0.2) is 79.9 Å². The predicted octanol–water partition coefficient (Wildman–Crippen LogP) is 2.42. The number of halogens is 3. The fraction of sp³-hybridized carbons (Fsp3) is 0.611. The molecule has 0 saturated carbocycles. The van der Waals surface area contributed by atoms with Gasteiger partial charge < -0.3 is 4.90 Å². The van der Waals surface area contributed by atoms with E-state index in [1.54, 1.807) is 20.8 Å². The van der Waals surface area contributed by atoms with Gasteiger partial charge in [0.25, 0.3) is 5.91 Å². The molecule has 0 N–H and O–H groups in total. The van der Waals surface area contributed by atoms with Crippen LogP contribution in [0.4, 0.5) is 13.2 Å². The van der Waals surface area contributed by atoms with E-state index in [1.807, 2.05) is 0 Å². The van der Waals surface area contributed by atoms with Crippen molar-refractivity contribution in [3.8, 4) is 0 Å². The van der Waals surface area contributed by atoms with Gasteiger partial charge in [0.2, 0.25) is 10.0 Å². The molecule has 0 radical (unpaired) electrons. The number of benzene rings is 1. The van der Waals surface area contributed by atoms with E-state index >= 15 is 0 Å². The lowest BCUT2D eigenvalue weighted by atomic mass is 10.1. The molecule has 158 valence electrons. The van der Waals surface area contributed by atoms with Crippen LogP contribution in [0, 0.1) is 0 Å². The quantitative estimate of drug-likeness (QED) is 0.733. The summed E-state index contributed by atoms with van der Waals surface area (Å²) in [6.07, 6.45) is -4.27. The first kappa shape index (κ1) is 22.6. The van der Waals surface area contributed by atoms with Crippen LogP contribution in [0.1, 0.15) is 31.1 Å². The van der Waals surface area contributed by atoms with Crippen molar-refractivity contribution in [2.24, 2.45) is 0 Å². The Hall–Kier alpha value is -1.65. The second kappa shape index (κ2) is 8.38. The van der Waals surface area contributed by atoms with Gasteiger partial charge in [-0.25, -0.2) is 8.42 Å². The van der Waals surface area contributed by atoms with Gasteiger partial charge in [-0.05, 0) is 45.0 Å². The number of nitrogens with zero attached hydrogens (tertiary/aromatic N) is 3. The number of piperazine rings is 1. The zero-order valence-corrected chi connectivity index (χ0v) is 17.2. The van der Waals surface area contributed by atoms with Gasteiger partial charge in [0.05, 0.1) is 11.4 Å². The van der Waals surface area contributed by atoms with Gasteiger partial charge >= 0.3 is 6.18 Å². The summed E-state index contributed by atoms with van der Waals surface area (Å²) in [7, 11) is -2.16. The Bertz CT molecular complexity index is 795. The molecule has 1 aromatic rings. The lowest BCUT2D eigenvalue weighted by Crippen LogP contribution is -2.55. The Morgan fingerprint density at radius 3 is 2.25 bits per heavy atom. The van der Waals surface area contributed by atoms with Crippen molar-refractivity contribution >= 4 is 15.9 Å². The predicted molar refractivity (Wildman–Crippen MR) is 99.5 cm³/mol. The van der Waals surface area contributed by atoms with Crippen LogP contribution >= 0.6 is 0 Å². The topological polar surface area (TPSA) is 60.9 Å². The van der Waals surface area contributed by atoms with Crippen LogP contribution < -0.4 is 0 Å². The minimum absolute atomic E-state index is 0.0867. The van der Waals surface area contributed by atoms with E-state index in [0.717, 1.165) is 0 Å². The van der Waals surface area contributed by atoms with Gasteiger partial charge in [0, 0.05) is 44.3 Å². The molecule has 2 rings (SSSR count). The van der Waals surface area contributed by atoms with Crippen LogP contribution in [0.2, 0.25) is 0 Å². The summed E-state index contributed by atoms with van der Waals surface area (Å²) in [6.45, 7) is 4.69. The summed E-state index contributed by atoms with van der Waals surface area (Å²) in [5.74, 6) is -0.320. The van der Waals surface area contributed by atoms with Gasteiger partial charge in [-0.2, -0.15) is 17.5 Å². The van der Waals surface area contributed by atoms with Gasteiger partial charge in [-0.1, -0.05) is 0 Å². The number of hydrogen-bond donors (Lipinski definition) is 0. The molecule has 1 saturated heterocycles. The van der Waals surface area contributed by atoms with E-state index in [-0.39, 0.29) is 36.5 Å². The summed E-state index contributed by atoms with van der Waals surface area (Å²) < 4.78 is 64.0. The maximum atomic E-state index is 12.7. The van der Waals surface area contributed by atoms with Gasteiger partial charge in [0.15, 0.2) is 0 Å². The Balaban J connectivity index is 2.08. The molecule has 1 aromatic carbocycles. The number of rotatable bonds is 5. The van der Waals surface area contributed by atoms with Crippen molar-refractivity contribution in [1.82, 2.24) is 14.1 Å². The van der Waals surface area contributed by atoms with Crippen molar-refractivity contribution < 1.29 is 26.4 Å². The summed E-state index contributed by atoms with van der Waals surface area (Å²) in [6, 6.07) is 5.02. The average Bonchev–Trinajstić information content (AvgIpc) is 2.61. The second-order valence-corrected chi connectivity index (χ2v) is 9.32. The fourth-order valence-corrected chi connectivity index (χ4v) is 4.41. The van der Waals surface area contributed by atoms with E-state index in [2.05, 4.69) is 0 Å². The molecular weight excluding hydrogens is 395 g/mol. The Morgan fingerprint density at radius 1 is 1.21 bits per heavy atom. The lowest BCUT2D eigenvalue weighted by Gasteiger charge is -2.40. The molecule has 1 amide bonds. The van der Waals surface area contributed by atoms with E-state index in [0.29, 0.717) is 5.56 Å². The first-order valence-electron chi connectivity index (χ1n) is 9.01. The van der Waals surface area contributed by atoms with Crippen molar-refractivity contribution in [2.75, 3.05) is 33.2 Å². The van der Waals surface area contributed by atoms with Crippen LogP contribution in [0.5, 0.6) is 0 Å². The standard InChI is InChI=1S/C18H26F3N3O3S/c1-13(2)22(4)28(26,27)16-7-5-15(6-8-16)17(25)23-9-10-24(14(3)11-23)12-18(19,20)21/h5-8,13-14H,9-12H2,1-4H3/t14-/m0/s1. The summed E-state index contributed by atoms with van der Waals surface area (Å²) in [5.41, 5.74) is 0.308. The van der Waals surface area contributed by atoms with Crippen LogP contribution in [0.3, 0.4) is 0 Å². The second-order valence-electron chi connectivity index (χ2n) is 7.33.